The minimum Gasteiger partial charge on any atom is -0.380 e. The molecular weight excluding hydrogens is 246 g/mol. The molecule has 1 N–H and O–H groups in total. The Hall–Kier alpha value is -1.64. The molecule has 0 aromatic heterocycles. The van der Waals surface area contributed by atoms with Gasteiger partial charge >= 0.3 is 0 Å². The molecule has 0 heterocycles. The molecule has 2 aromatic carbocycles. The minimum absolute atomic E-state index is 0.699. The average molecular weight is 270 g/mol. The molecule has 106 valence electrons. The summed E-state index contributed by atoms with van der Waals surface area (Å²) in [4.78, 5) is 0. The monoisotopic (exact) mass is 270 g/mol. The first-order chi connectivity index (χ1) is 9.42. The quantitative estimate of drug-likeness (QED) is 0.828. The molecule has 0 radical (unpaired) electrons. The normalized spacial score (nSPS) is 12.4. The first-order valence-corrected chi connectivity index (χ1v) is 7.06. The molecule has 2 heteroatoms. The lowest BCUT2D eigenvalue weighted by atomic mass is 9.83. The van der Waals surface area contributed by atoms with Gasteiger partial charge in [0.2, 0.25) is 0 Å². The number of aliphatic hydroxyl groups is 1. The van der Waals surface area contributed by atoms with Crippen LogP contribution in [0.3, 0.4) is 0 Å². The van der Waals surface area contributed by atoms with Crippen LogP contribution in [0.5, 0.6) is 0 Å². The van der Waals surface area contributed by atoms with Gasteiger partial charge in [-0.15, -0.1) is 0 Å². The van der Waals surface area contributed by atoms with Crippen molar-refractivity contribution in [3.05, 3.63) is 71.8 Å². The predicted molar refractivity (Wildman–Crippen MR) is 83.4 cm³/mol. The molecule has 20 heavy (non-hydrogen) atoms. The molecule has 0 unspecified atom stereocenters. The molecule has 0 atom stereocenters. The van der Waals surface area contributed by atoms with Crippen LogP contribution in [0.25, 0.3) is 0 Å². The largest absolute Gasteiger partial charge is 0.380 e. The highest BCUT2D eigenvalue weighted by molar-refractivity contribution is 5.35. The molecule has 0 aliphatic heterocycles. The minimum atomic E-state index is -0.923. The van der Waals surface area contributed by atoms with Crippen molar-refractivity contribution in [1.82, 2.24) is 0 Å². The Labute approximate surface area is 121 Å². The van der Waals surface area contributed by atoms with Crippen LogP contribution in [-0.4, -0.2) is 37.3 Å². The van der Waals surface area contributed by atoms with E-state index in [9.17, 15) is 5.11 Å². The van der Waals surface area contributed by atoms with Gasteiger partial charge < -0.3 is 9.59 Å². The lowest BCUT2D eigenvalue weighted by Crippen LogP contribution is -2.40. The molecule has 2 aromatic rings. The molecule has 0 spiro atoms. The zero-order valence-electron chi connectivity index (χ0n) is 12.6. The van der Waals surface area contributed by atoms with Gasteiger partial charge in [-0.2, -0.15) is 0 Å². The number of quaternary nitrogens is 1. The zero-order chi connectivity index (χ0) is 14.6. The summed E-state index contributed by atoms with van der Waals surface area (Å²) < 4.78 is 0.835. The number of hydrogen-bond acceptors (Lipinski definition) is 1. The standard InChI is InChI=1S/C18H24NO/c1-19(2,3)15-14-18(20,16-10-6-4-7-11-16)17-12-8-5-9-13-17/h4-13,20H,14-15H2,1-3H3/q+1. The van der Waals surface area contributed by atoms with Crippen molar-refractivity contribution in [2.75, 3.05) is 27.7 Å². The summed E-state index contributed by atoms with van der Waals surface area (Å²) in [6.07, 6.45) is 0.699. The fourth-order valence-corrected chi connectivity index (χ4v) is 2.38. The lowest BCUT2D eigenvalue weighted by molar-refractivity contribution is -0.871. The molecule has 0 aliphatic carbocycles. The fourth-order valence-electron chi connectivity index (χ4n) is 2.38. The van der Waals surface area contributed by atoms with Crippen LogP contribution in [0.4, 0.5) is 0 Å². The third-order valence-electron chi connectivity index (χ3n) is 3.65. The van der Waals surface area contributed by atoms with E-state index >= 15 is 0 Å². The number of benzene rings is 2. The van der Waals surface area contributed by atoms with Gasteiger partial charge in [0.25, 0.3) is 0 Å². The third kappa shape index (κ3) is 3.47. The van der Waals surface area contributed by atoms with Crippen molar-refractivity contribution in [1.29, 1.82) is 0 Å². The fraction of sp³-hybridized carbons (Fsp3) is 0.333. The van der Waals surface area contributed by atoms with E-state index in [-0.39, 0.29) is 0 Å². The van der Waals surface area contributed by atoms with Gasteiger partial charge in [0, 0.05) is 6.42 Å². The maximum atomic E-state index is 11.3. The van der Waals surface area contributed by atoms with E-state index in [2.05, 4.69) is 21.1 Å². The summed E-state index contributed by atoms with van der Waals surface area (Å²) in [6, 6.07) is 19.9. The second kappa shape index (κ2) is 5.78. The summed E-state index contributed by atoms with van der Waals surface area (Å²) in [5.41, 5.74) is 0.993. The van der Waals surface area contributed by atoms with Crippen LogP contribution in [0.1, 0.15) is 17.5 Å². The Balaban J connectivity index is 2.39. The van der Waals surface area contributed by atoms with Gasteiger partial charge in [-0.25, -0.2) is 0 Å². The second-order valence-corrected chi connectivity index (χ2v) is 6.36. The van der Waals surface area contributed by atoms with Crippen LogP contribution in [-0.2, 0) is 5.60 Å². The predicted octanol–water partition coefficient (Wildman–Crippen LogP) is 3.02. The van der Waals surface area contributed by atoms with Crippen LogP contribution in [0.15, 0.2) is 60.7 Å². The zero-order valence-corrected chi connectivity index (χ0v) is 12.6. The second-order valence-electron chi connectivity index (χ2n) is 6.36. The molecule has 0 fully saturated rings. The Bertz CT molecular complexity index is 489. The maximum Gasteiger partial charge on any atom is 0.120 e. The van der Waals surface area contributed by atoms with E-state index in [1.165, 1.54) is 0 Å². The van der Waals surface area contributed by atoms with Crippen molar-refractivity contribution in [3.63, 3.8) is 0 Å². The molecule has 0 bridgehead atoms. The van der Waals surface area contributed by atoms with E-state index in [0.29, 0.717) is 6.42 Å². The maximum absolute atomic E-state index is 11.3. The smallest absolute Gasteiger partial charge is 0.120 e. The Morgan fingerprint density at radius 2 is 1.20 bits per heavy atom. The Morgan fingerprint density at radius 1 is 0.800 bits per heavy atom. The number of rotatable bonds is 5. The summed E-state index contributed by atoms with van der Waals surface area (Å²) in [5.74, 6) is 0. The van der Waals surface area contributed by atoms with E-state index in [1.54, 1.807) is 0 Å². The van der Waals surface area contributed by atoms with Crippen LogP contribution >= 0.6 is 0 Å². The molecule has 0 saturated heterocycles. The average Bonchev–Trinajstić information content (AvgIpc) is 2.46. The third-order valence-corrected chi connectivity index (χ3v) is 3.65. The van der Waals surface area contributed by atoms with Crippen LogP contribution in [0, 0.1) is 0 Å². The van der Waals surface area contributed by atoms with Crippen molar-refractivity contribution >= 4 is 0 Å². The molecule has 2 rings (SSSR count). The van der Waals surface area contributed by atoms with Gasteiger partial charge in [0.05, 0.1) is 27.7 Å². The van der Waals surface area contributed by atoms with Gasteiger partial charge in [-0.1, -0.05) is 60.7 Å². The van der Waals surface area contributed by atoms with Crippen LogP contribution in [0.2, 0.25) is 0 Å². The van der Waals surface area contributed by atoms with E-state index in [0.717, 1.165) is 22.2 Å². The van der Waals surface area contributed by atoms with Gasteiger partial charge in [0.1, 0.15) is 5.60 Å². The van der Waals surface area contributed by atoms with Gasteiger partial charge in [-0.3, -0.25) is 0 Å². The van der Waals surface area contributed by atoms with E-state index < -0.39 is 5.60 Å². The summed E-state index contributed by atoms with van der Waals surface area (Å²) in [6.45, 7) is 0.903. The summed E-state index contributed by atoms with van der Waals surface area (Å²) in [7, 11) is 6.45. The van der Waals surface area contributed by atoms with E-state index in [4.69, 9.17) is 0 Å². The lowest BCUT2D eigenvalue weighted by Gasteiger charge is -2.33. The van der Waals surface area contributed by atoms with Crippen molar-refractivity contribution < 1.29 is 9.59 Å². The first kappa shape index (κ1) is 14.8. The molecule has 0 aliphatic rings. The van der Waals surface area contributed by atoms with Crippen molar-refractivity contribution in [3.8, 4) is 0 Å². The van der Waals surface area contributed by atoms with Gasteiger partial charge in [-0.05, 0) is 11.1 Å². The Morgan fingerprint density at radius 3 is 1.55 bits per heavy atom. The topological polar surface area (TPSA) is 20.2 Å². The first-order valence-electron chi connectivity index (χ1n) is 7.06. The summed E-state index contributed by atoms with van der Waals surface area (Å²) >= 11 is 0. The molecule has 2 nitrogen and oxygen atoms in total. The molecule has 0 amide bonds. The van der Waals surface area contributed by atoms with Crippen molar-refractivity contribution in [2.45, 2.75) is 12.0 Å². The highest BCUT2D eigenvalue weighted by Crippen LogP contribution is 2.33. The highest BCUT2D eigenvalue weighted by Gasteiger charge is 2.33. The SMILES string of the molecule is C[N+](C)(C)CCC(O)(c1ccccc1)c1ccccc1. The van der Waals surface area contributed by atoms with Crippen LogP contribution < -0.4 is 0 Å². The Kier molecular flexibility index (Phi) is 4.26. The summed E-state index contributed by atoms with van der Waals surface area (Å²) in [5, 5.41) is 11.3. The molecular formula is C18H24NO+. The highest BCUT2D eigenvalue weighted by atomic mass is 16.3. The number of hydrogen-bond donors (Lipinski definition) is 1. The van der Waals surface area contributed by atoms with Gasteiger partial charge in [0.15, 0.2) is 0 Å². The van der Waals surface area contributed by atoms with Crippen molar-refractivity contribution in [2.24, 2.45) is 0 Å². The number of nitrogens with zero attached hydrogens (tertiary/aromatic N) is 1. The van der Waals surface area contributed by atoms with E-state index in [1.807, 2.05) is 60.7 Å². The molecule has 0 saturated carbocycles.